The molecule has 3 amide bonds. The van der Waals surface area contributed by atoms with Gasteiger partial charge in [-0.2, -0.15) is 0 Å². The fourth-order valence-electron chi connectivity index (χ4n) is 6.12. The Morgan fingerprint density at radius 1 is 0.833 bits per heavy atom. The third-order valence-electron chi connectivity index (χ3n) is 8.78. The van der Waals surface area contributed by atoms with Crippen LogP contribution in [0.4, 0.5) is 10.7 Å². The number of methoxy groups -OCH3 is 1. The highest BCUT2D eigenvalue weighted by Gasteiger charge is 2.30. The standard InChI is InChI=1S/C43H41N3O6S2/c1-3-52-43(50)37-34-20-11-6-12-21-36(34)54-42(37)46-41(49)38(29-14-7-4-8-15-29)53-33-19-13-18-31(27-33)44-40(48)35(26-28-22-24-32(51-2)25-23-28)45-39(47)30-16-9-5-10-17-30/h4-5,7-10,13-19,22-27,38H,3,6,11-12,20-21H2,1-2H3,(H,44,48)(H,45,47)(H,46,49)/b35-26+. The van der Waals surface area contributed by atoms with E-state index in [-0.39, 0.29) is 18.2 Å². The smallest absolute Gasteiger partial charge is 0.341 e. The molecule has 11 heteroatoms. The number of amides is 3. The highest BCUT2D eigenvalue weighted by atomic mass is 32.2. The van der Waals surface area contributed by atoms with E-state index in [0.29, 0.717) is 33.1 Å². The van der Waals surface area contributed by atoms with Crippen LogP contribution in [0.5, 0.6) is 5.75 Å². The lowest BCUT2D eigenvalue weighted by atomic mass is 10.1. The Kier molecular flexibility index (Phi) is 13.0. The molecule has 1 atom stereocenters. The van der Waals surface area contributed by atoms with Gasteiger partial charge in [0.25, 0.3) is 11.8 Å². The summed E-state index contributed by atoms with van der Waals surface area (Å²) >= 11 is 2.79. The lowest BCUT2D eigenvalue weighted by Gasteiger charge is -2.18. The molecule has 1 aliphatic carbocycles. The Morgan fingerprint density at radius 2 is 1.56 bits per heavy atom. The van der Waals surface area contributed by atoms with Crippen LogP contribution in [-0.2, 0) is 27.2 Å². The van der Waals surface area contributed by atoms with E-state index in [0.717, 1.165) is 53.0 Å². The number of rotatable bonds is 13. The van der Waals surface area contributed by atoms with Gasteiger partial charge in [-0.05, 0) is 97.8 Å². The number of benzene rings is 4. The lowest BCUT2D eigenvalue weighted by Crippen LogP contribution is -2.30. The van der Waals surface area contributed by atoms with Crippen LogP contribution in [0.25, 0.3) is 6.08 Å². The Hall–Kier alpha value is -5.65. The van der Waals surface area contributed by atoms with Crippen molar-refractivity contribution >= 4 is 63.6 Å². The Labute approximate surface area is 323 Å². The first-order valence-corrected chi connectivity index (χ1v) is 19.5. The molecule has 0 saturated heterocycles. The van der Waals surface area contributed by atoms with Crippen LogP contribution in [0.1, 0.15) is 73.7 Å². The molecule has 0 fully saturated rings. The average molecular weight is 760 g/mol. The molecule has 1 aliphatic rings. The van der Waals surface area contributed by atoms with Crippen LogP contribution < -0.4 is 20.7 Å². The molecule has 0 aliphatic heterocycles. The zero-order valence-electron chi connectivity index (χ0n) is 30.1. The maximum Gasteiger partial charge on any atom is 0.341 e. The predicted molar refractivity (Wildman–Crippen MR) is 215 cm³/mol. The van der Waals surface area contributed by atoms with Crippen molar-refractivity contribution in [3.8, 4) is 5.75 Å². The largest absolute Gasteiger partial charge is 0.497 e. The van der Waals surface area contributed by atoms with E-state index in [1.165, 1.54) is 23.1 Å². The number of fused-ring (bicyclic) bond motifs is 1. The number of hydrogen-bond acceptors (Lipinski definition) is 8. The molecule has 3 N–H and O–H groups in total. The second-order valence-electron chi connectivity index (χ2n) is 12.5. The monoisotopic (exact) mass is 759 g/mol. The summed E-state index contributed by atoms with van der Waals surface area (Å²) < 4.78 is 10.7. The van der Waals surface area contributed by atoms with E-state index >= 15 is 0 Å². The van der Waals surface area contributed by atoms with Crippen molar-refractivity contribution in [1.82, 2.24) is 5.32 Å². The van der Waals surface area contributed by atoms with Crippen molar-refractivity contribution in [2.24, 2.45) is 0 Å². The van der Waals surface area contributed by atoms with Crippen molar-refractivity contribution < 1.29 is 28.7 Å². The van der Waals surface area contributed by atoms with Gasteiger partial charge in [0.1, 0.15) is 21.7 Å². The molecule has 276 valence electrons. The molecule has 0 spiro atoms. The second-order valence-corrected chi connectivity index (χ2v) is 14.8. The quantitative estimate of drug-likeness (QED) is 0.0474. The first-order valence-electron chi connectivity index (χ1n) is 17.8. The molecule has 0 saturated carbocycles. The highest BCUT2D eigenvalue weighted by Crippen LogP contribution is 2.41. The van der Waals surface area contributed by atoms with Gasteiger partial charge in [-0.25, -0.2) is 4.79 Å². The number of hydrogen-bond donors (Lipinski definition) is 3. The molecule has 9 nitrogen and oxygen atoms in total. The van der Waals surface area contributed by atoms with Gasteiger partial charge < -0.3 is 25.4 Å². The minimum Gasteiger partial charge on any atom is -0.497 e. The van der Waals surface area contributed by atoms with Gasteiger partial charge in [-0.3, -0.25) is 14.4 Å². The van der Waals surface area contributed by atoms with Crippen molar-refractivity contribution in [3.05, 3.63) is 148 Å². The number of carbonyl (C=O) groups is 4. The van der Waals surface area contributed by atoms with Crippen molar-refractivity contribution in [1.29, 1.82) is 0 Å². The molecule has 1 aromatic heterocycles. The number of esters is 1. The third-order valence-corrected chi connectivity index (χ3v) is 11.2. The molecule has 5 aromatic rings. The van der Waals surface area contributed by atoms with Crippen LogP contribution in [0.15, 0.2) is 120 Å². The third kappa shape index (κ3) is 9.66. The van der Waals surface area contributed by atoms with Crippen LogP contribution in [0.3, 0.4) is 0 Å². The van der Waals surface area contributed by atoms with E-state index in [1.54, 1.807) is 86.8 Å². The van der Waals surface area contributed by atoms with Crippen LogP contribution >= 0.6 is 23.1 Å². The van der Waals surface area contributed by atoms with E-state index < -0.39 is 23.0 Å². The summed E-state index contributed by atoms with van der Waals surface area (Å²) in [5.74, 6) is -0.998. The summed E-state index contributed by atoms with van der Waals surface area (Å²) in [5, 5.41) is 8.61. The van der Waals surface area contributed by atoms with Crippen LogP contribution in [0.2, 0.25) is 0 Å². The Morgan fingerprint density at radius 3 is 2.28 bits per heavy atom. The zero-order valence-corrected chi connectivity index (χ0v) is 31.7. The van der Waals surface area contributed by atoms with E-state index in [1.807, 2.05) is 42.5 Å². The molecular weight excluding hydrogens is 719 g/mol. The summed E-state index contributed by atoms with van der Waals surface area (Å²) in [5.41, 5.74) is 3.83. The minimum absolute atomic E-state index is 0.0420. The molecule has 6 rings (SSSR count). The van der Waals surface area contributed by atoms with Crippen LogP contribution in [-0.4, -0.2) is 37.4 Å². The average Bonchev–Trinajstić information content (AvgIpc) is 3.37. The summed E-state index contributed by atoms with van der Waals surface area (Å²) in [7, 11) is 1.57. The zero-order chi connectivity index (χ0) is 37.9. The van der Waals surface area contributed by atoms with Crippen molar-refractivity contribution in [2.45, 2.75) is 49.2 Å². The van der Waals surface area contributed by atoms with Gasteiger partial charge in [0, 0.05) is 21.0 Å². The number of thioether (sulfide) groups is 1. The molecule has 0 radical (unpaired) electrons. The van der Waals surface area contributed by atoms with Gasteiger partial charge in [-0.15, -0.1) is 23.1 Å². The SMILES string of the molecule is CCOC(=O)c1c(NC(=O)C(Sc2cccc(NC(=O)/C(=C\c3ccc(OC)cc3)NC(=O)c3ccccc3)c2)c2ccccc2)sc2c1CCCCC2. The second kappa shape index (κ2) is 18.4. The van der Waals surface area contributed by atoms with Gasteiger partial charge in [-0.1, -0.05) is 73.2 Å². The number of thiophene rings is 1. The normalized spacial score (nSPS) is 13.1. The maximum atomic E-state index is 14.2. The van der Waals surface area contributed by atoms with E-state index in [4.69, 9.17) is 9.47 Å². The summed E-state index contributed by atoms with van der Waals surface area (Å²) in [6.07, 6.45) is 6.36. The first kappa shape index (κ1) is 38.1. The first-order chi connectivity index (χ1) is 26.3. The summed E-state index contributed by atoms with van der Waals surface area (Å²) in [4.78, 5) is 56.2. The van der Waals surface area contributed by atoms with E-state index in [2.05, 4.69) is 16.0 Å². The number of aryl methyl sites for hydroxylation is 1. The number of nitrogens with one attached hydrogen (secondary N) is 3. The fraction of sp³-hybridized carbons (Fsp3) is 0.209. The van der Waals surface area contributed by atoms with E-state index in [9.17, 15) is 19.2 Å². The summed E-state index contributed by atoms with van der Waals surface area (Å²) in [6, 6.07) is 32.4. The maximum absolute atomic E-state index is 14.2. The summed E-state index contributed by atoms with van der Waals surface area (Å²) in [6.45, 7) is 2.02. The molecule has 4 aromatic carbocycles. The number of anilines is 2. The highest BCUT2D eigenvalue weighted by molar-refractivity contribution is 8.00. The topological polar surface area (TPSA) is 123 Å². The van der Waals surface area contributed by atoms with Gasteiger partial charge in [0.05, 0.1) is 19.3 Å². The van der Waals surface area contributed by atoms with Crippen molar-refractivity contribution in [3.63, 3.8) is 0 Å². The van der Waals surface area contributed by atoms with Crippen molar-refractivity contribution in [2.75, 3.05) is 24.4 Å². The van der Waals surface area contributed by atoms with Gasteiger partial charge in [0.2, 0.25) is 5.91 Å². The van der Waals surface area contributed by atoms with Gasteiger partial charge in [0.15, 0.2) is 0 Å². The molecule has 1 unspecified atom stereocenters. The Bertz CT molecular complexity index is 2130. The molecule has 0 bridgehead atoms. The number of ether oxygens (including phenoxy) is 2. The number of carbonyl (C=O) groups excluding carboxylic acids is 4. The molecule has 54 heavy (non-hydrogen) atoms. The predicted octanol–water partition coefficient (Wildman–Crippen LogP) is 9.08. The lowest BCUT2D eigenvalue weighted by molar-refractivity contribution is -0.116. The minimum atomic E-state index is -0.690. The van der Waals surface area contributed by atoms with Crippen LogP contribution in [0, 0.1) is 0 Å². The molecular formula is C43H41N3O6S2. The fourth-order valence-corrected chi connectivity index (χ4v) is 8.48. The Balaban J connectivity index is 1.25. The van der Waals surface area contributed by atoms with Gasteiger partial charge >= 0.3 is 5.97 Å². The molecule has 1 heterocycles.